The maximum absolute atomic E-state index is 13.1. The Hall–Kier alpha value is -1.26. The summed E-state index contributed by atoms with van der Waals surface area (Å²) in [5.41, 5.74) is 1.29. The van der Waals surface area contributed by atoms with Crippen LogP contribution in [-0.2, 0) is 4.79 Å². The third-order valence-corrected chi connectivity index (χ3v) is 8.08. The SMILES string of the molecule is C[C@@H](C(=O)NC12CC3CC(CC(C3)C1)C2)N1CCN(c2cccc(Cl)c2)CC1. The molecular formula is C23H32ClN3O. The number of halogens is 1. The number of benzene rings is 1. The van der Waals surface area contributed by atoms with E-state index >= 15 is 0 Å². The zero-order chi connectivity index (χ0) is 19.3. The van der Waals surface area contributed by atoms with Gasteiger partial charge in [0.15, 0.2) is 0 Å². The van der Waals surface area contributed by atoms with E-state index in [-0.39, 0.29) is 17.5 Å². The van der Waals surface area contributed by atoms with E-state index in [0.29, 0.717) is 0 Å². The van der Waals surface area contributed by atoms with Gasteiger partial charge in [0, 0.05) is 42.4 Å². The lowest BCUT2D eigenvalue weighted by atomic mass is 9.53. The Morgan fingerprint density at radius 3 is 2.25 bits per heavy atom. The first-order valence-electron chi connectivity index (χ1n) is 11.1. The fourth-order valence-corrected chi connectivity index (χ4v) is 7.02. The first kappa shape index (κ1) is 18.7. The summed E-state index contributed by atoms with van der Waals surface area (Å²) in [7, 11) is 0. The molecule has 5 aliphatic rings. The number of piperazine rings is 1. The van der Waals surface area contributed by atoms with Gasteiger partial charge in [0.05, 0.1) is 6.04 Å². The highest BCUT2D eigenvalue weighted by Crippen LogP contribution is 2.55. The molecule has 1 amide bonds. The van der Waals surface area contributed by atoms with E-state index in [9.17, 15) is 4.79 Å². The van der Waals surface area contributed by atoms with Gasteiger partial charge in [-0.1, -0.05) is 17.7 Å². The Balaban J connectivity index is 1.18. The zero-order valence-electron chi connectivity index (χ0n) is 16.9. The van der Waals surface area contributed by atoms with E-state index in [4.69, 9.17) is 11.6 Å². The molecule has 1 saturated heterocycles. The molecular weight excluding hydrogens is 370 g/mol. The van der Waals surface area contributed by atoms with Gasteiger partial charge in [-0.25, -0.2) is 0 Å². The van der Waals surface area contributed by atoms with Crippen LogP contribution in [-0.4, -0.2) is 48.6 Å². The number of rotatable bonds is 4. The van der Waals surface area contributed by atoms with E-state index < -0.39 is 0 Å². The molecule has 6 rings (SSSR count). The summed E-state index contributed by atoms with van der Waals surface area (Å²) < 4.78 is 0. The smallest absolute Gasteiger partial charge is 0.237 e. The highest BCUT2D eigenvalue weighted by atomic mass is 35.5. The van der Waals surface area contributed by atoms with Crippen molar-refractivity contribution in [3.63, 3.8) is 0 Å². The van der Waals surface area contributed by atoms with Crippen molar-refractivity contribution in [1.82, 2.24) is 10.2 Å². The molecule has 1 atom stereocenters. The molecule has 1 aromatic rings. The van der Waals surface area contributed by atoms with Gasteiger partial charge in [0.25, 0.3) is 0 Å². The van der Waals surface area contributed by atoms with Gasteiger partial charge in [-0.15, -0.1) is 0 Å². The molecule has 0 aromatic heterocycles. The minimum Gasteiger partial charge on any atom is -0.369 e. The Kier molecular flexibility index (Phi) is 4.83. The summed E-state index contributed by atoms with van der Waals surface area (Å²) in [6.07, 6.45) is 7.91. The summed E-state index contributed by atoms with van der Waals surface area (Å²) in [4.78, 5) is 17.9. The zero-order valence-corrected chi connectivity index (χ0v) is 17.6. The maximum atomic E-state index is 13.1. The molecule has 4 saturated carbocycles. The molecule has 5 heteroatoms. The molecule has 152 valence electrons. The molecule has 5 fully saturated rings. The quantitative estimate of drug-likeness (QED) is 0.830. The molecule has 1 aliphatic heterocycles. The second-order valence-electron chi connectivity index (χ2n) is 9.87. The van der Waals surface area contributed by atoms with Crippen molar-refractivity contribution in [3.8, 4) is 0 Å². The van der Waals surface area contributed by atoms with Crippen molar-refractivity contribution in [2.45, 2.75) is 57.0 Å². The van der Waals surface area contributed by atoms with Crippen LogP contribution in [0.25, 0.3) is 0 Å². The molecule has 0 unspecified atom stereocenters. The lowest BCUT2D eigenvalue weighted by Gasteiger charge is -2.57. The topological polar surface area (TPSA) is 35.6 Å². The highest BCUT2D eigenvalue weighted by Gasteiger charge is 2.51. The number of nitrogens with one attached hydrogen (secondary N) is 1. The number of hydrogen-bond donors (Lipinski definition) is 1. The molecule has 0 spiro atoms. The van der Waals surface area contributed by atoms with Gasteiger partial charge in [-0.3, -0.25) is 9.69 Å². The summed E-state index contributed by atoms with van der Waals surface area (Å²) in [6, 6.07) is 8.02. The van der Waals surface area contributed by atoms with Crippen molar-refractivity contribution in [3.05, 3.63) is 29.3 Å². The molecule has 4 aliphatic carbocycles. The van der Waals surface area contributed by atoms with E-state index in [1.807, 2.05) is 18.2 Å². The summed E-state index contributed by atoms with van der Waals surface area (Å²) in [5.74, 6) is 2.84. The fourth-order valence-electron chi connectivity index (χ4n) is 6.84. The van der Waals surface area contributed by atoms with Gasteiger partial charge in [-0.2, -0.15) is 0 Å². The van der Waals surface area contributed by atoms with Crippen LogP contribution in [0.15, 0.2) is 24.3 Å². The van der Waals surface area contributed by atoms with Gasteiger partial charge < -0.3 is 10.2 Å². The van der Waals surface area contributed by atoms with Crippen LogP contribution in [0.1, 0.15) is 45.4 Å². The summed E-state index contributed by atoms with van der Waals surface area (Å²) in [6.45, 7) is 5.81. The van der Waals surface area contributed by atoms with Gasteiger partial charge >= 0.3 is 0 Å². The van der Waals surface area contributed by atoms with Crippen molar-refractivity contribution in [2.75, 3.05) is 31.1 Å². The molecule has 1 N–H and O–H groups in total. The lowest BCUT2D eigenvalue weighted by Crippen LogP contribution is -2.63. The Morgan fingerprint density at radius 2 is 1.68 bits per heavy atom. The van der Waals surface area contributed by atoms with Crippen LogP contribution >= 0.6 is 11.6 Å². The summed E-state index contributed by atoms with van der Waals surface area (Å²) in [5, 5.41) is 4.34. The normalized spacial score (nSPS) is 35.8. The largest absolute Gasteiger partial charge is 0.369 e. The molecule has 4 nitrogen and oxygen atoms in total. The Bertz CT molecular complexity index is 708. The van der Waals surface area contributed by atoms with E-state index in [1.54, 1.807) is 0 Å². The number of amides is 1. The third-order valence-electron chi connectivity index (χ3n) is 7.84. The van der Waals surface area contributed by atoms with Crippen LogP contribution in [0.5, 0.6) is 0 Å². The average molecular weight is 402 g/mol. The van der Waals surface area contributed by atoms with E-state index in [0.717, 1.165) is 49.0 Å². The first-order chi connectivity index (χ1) is 13.5. The minimum absolute atomic E-state index is 0.0467. The molecule has 1 heterocycles. The summed E-state index contributed by atoms with van der Waals surface area (Å²) >= 11 is 6.14. The van der Waals surface area contributed by atoms with Crippen LogP contribution in [0.3, 0.4) is 0 Å². The Morgan fingerprint density at radius 1 is 1.07 bits per heavy atom. The molecule has 28 heavy (non-hydrogen) atoms. The van der Waals surface area contributed by atoms with Crippen LogP contribution in [0.4, 0.5) is 5.69 Å². The lowest BCUT2D eigenvalue weighted by molar-refractivity contribution is -0.131. The van der Waals surface area contributed by atoms with Gasteiger partial charge in [0.1, 0.15) is 0 Å². The number of anilines is 1. The van der Waals surface area contributed by atoms with Crippen LogP contribution in [0.2, 0.25) is 5.02 Å². The Labute approximate surface area is 173 Å². The third kappa shape index (κ3) is 3.54. The van der Waals surface area contributed by atoms with E-state index in [2.05, 4.69) is 28.1 Å². The molecule has 0 radical (unpaired) electrons. The van der Waals surface area contributed by atoms with Crippen LogP contribution in [0, 0.1) is 17.8 Å². The number of nitrogens with zero attached hydrogens (tertiary/aromatic N) is 2. The number of carbonyl (C=O) groups is 1. The van der Waals surface area contributed by atoms with Crippen molar-refractivity contribution in [2.24, 2.45) is 17.8 Å². The van der Waals surface area contributed by atoms with E-state index in [1.165, 1.54) is 44.2 Å². The van der Waals surface area contributed by atoms with Crippen molar-refractivity contribution < 1.29 is 4.79 Å². The average Bonchev–Trinajstić information content (AvgIpc) is 2.66. The van der Waals surface area contributed by atoms with Gasteiger partial charge in [-0.05, 0) is 81.4 Å². The predicted octanol–water partition coefficient (Wildman–Crippen LogP) is 3.94. The standard InChI is InChI=1S/C23H32ClN3O/c1-16(26-5-7-27(8-6-26)21-4-2-3-20(24)12-21)22(28)25-23-13-17-9-18(14-23)11-19(10-17)15-23/h2-4,12,16-19H,5-11,13-15H2,1H3,(H,25,28)/t16-,17?,18?,19?,23?/m0/s1. The van der Waals surface area contributed by atoms with Crippen molar-refractivity contribution >= 4 is 23.2 Å². The molecule has 1 aromatic carbocycles. The fraction of sp³-hybridized carbons (Fsp3) is 0.696. The maximum Gasteiger partial charge on any atom is 0.237 e. The van der Waals surface area contributed by atoms with Crippen LogP contribution < -0.4 is 10.2 Å². The number of hydrogen-bond acceptors (Lipinski definition) is 3. The second kappa shape index (κ2) is 7.21. The number of carbonyl (C=O) groups excluding carboxylic acids is 1. The highest BCUT2D eigenvalue weighted by molar-refractivity contribution is 6.30. The van der Waals surface area contributed by atoms with Gasteiger partial charge in [0.2, 0.25) is 5.91 Å². The van der Waals surface area contributed by atoms with Crippen molar-refractivity contribution in [1.29, 1.82) is 0 Å². The minimum atomic E-state index is -0.0467. The molecule has 4 bridgehead atoms. The first-order valence-corrected chi connectivity index (χ1v) is 11.4. The second-order valence-corrected chi connectivity index (χ2v) is 10.3. The predicted molar refractivity (Wildman–Crippen MR) is 114 cm³/mol. The monoisotopic (exact) mass is 401 g/mol.